The van der Waals surface area contributed by atoms with E-state index in [4.69, 9.17) is 10.00 Å². The summed E-state index contributed by atoms with van der Waals surface area (Å²) in [6, 6.07) is 7.88. The summed E-state index contributed by atoms with van der Waals surface area (Å²) >= 11 is 2.20. The summed E-state index contributed by atoms with van der Waals surface area (Å²) in [6.07, 6.45) is 3.87. The fourth-order valence-corrected chi connectivity index (χ4v) is 2.07. The van der Waals surface area contributed by atoms with Crippen molar-refractivity contribution in [3.63, 3.8) is 0 Å². The standard InChI is InChI=1S/C12H12INO/c13-11-4-5-12(10(6-11)7-14)15-8-9-2-1-3-9/h4-6,9H,1-3,8H2. The fourth-order valence-electron chi connectivity index (χ4n) is 1.58. The Balaban J connectivity index is 2.03. The topological polar surface area (TPSA) is 33.0 Å². The highest BCUT2D eigenvalue weighted by molar-refractivity contribution is 14.1. The quantitative estimate of drug-likeness (QED) is 0.802. The molecule has 1 aromatic carbocycles. The third kappa shape index (κ3) is 2.63. The van der Waals surface area contributed by atoms with E-state index in [2.05, 4.69) is 28.7 Å². The van der Waals surface area contributed by atoms with Crippen molar-refractivity contribution < 1.29 is 4.74 Å². The van der Waals surface area contributed by atoms with Crippen LogP contribution in [0.5, 0.6) is 5.75 Å². The van der Waals surface area contributed by atoms with E-state index in [1.165, 1.54) is 19.3 Å². The van der Waals surface area contributed by atoms with Gasteiger partial charge in [-0.1, -0.05) is 6.42 Å². The number of rotatable bonds is 3. The molecule has 0 heterocycles. The molecule has 1 aliphatic rings. The Labute approximate surface area is 103 Å². The van der Waals surface area contributed by atoms with E-state index in [0.717, 1.165) is 15.9 Å². The van der Waals surface area contributed by atoms with Crippen molar-refractivity contribution in [1.82, 2.24) is 0 Å². The number of ether oxygens (including phenoxy) is 1. The van der Waals surface area contributed by atoms with Crippen LogP contribution in [-0.2, 0) is 0 Å². The lowest BCUT2D eigenvalue weighted by atomic mass is 9.86. The predicted molar refractivity (Wildman–Crippen MR) is 66.7 cm³/mol. The molecule has 0 N–H and O–H groups in total. The summed E-state index contributed by atoms with van der Waals surface area (Å²) in [7, 11) is 0. The lowest BCUT2D eigenvalue weighted by Gasteiger charge is -2.25. The molecule has 1 aromatic rings. The Bertz CT molecular complexity index is 393. The van der Waals surface area contributed by atoms with Gasteiger partial charge in [-0.05, 0) is 59.5 Å². The zero-order valence-corrected chi connectivity index (χ0v) is 10.5. The molecule has 1 aliphatic carbocycles. The normalized spacial score (nSPS) is 15.5. The minimum absolute atomic E-state index is 0.640. The maximum atomic E-state index is 8.95. The third-order valence-corrected chi connectivity index (χ3v) is 3.43. The van der Waals surface area contributed by atoms with Gasteiger partial charge in [0.2, 0.25) is 0 Å². The van der Waals surface area contributed by atoms with E-state index >= 15 is 0 Å². The molecule has 1 saturated carbocycles. The van der Waals surface area contributed by atoms with Crippen LogP contribution in [0.4, 0.5) is 0 Å². The van der Waals surface area contributed by atoms with Gasteiger partial charge in [0.15, 0.2) is 0 Å². The third-order valence-electron chi connectivity index (χ3n) is 2.76. The maximum Gasteiger partial charge on any atom is 0.137 e. The molecule has 3 heteroatoms. The van der Waals surface area contributed by atoms with E-state index < -0.39 is 0 Å². The molecule has 78 valence electrons. The van der Waals surface area contributed by atoms with Crippen molar-refractivity contribution in [3.05, 3.63) is 27.3 Å². The second-order valence-electron chi connectivity index (χ2n) is 3.86. The van der Waals surface area contributed by atoms with E-state index in [9.17, 15) is 0 Å². The Morgan fingerprint density at radius 1 is 1.47 bits per heavy atom. The van der Waals surface area contributed by atoms with Gasteiger partial charge in [0.25, 0.3) is 0 Å². The van der Waals surface area contributed by atoms with Crippen LogP contribution < -0.4 is 4.74 Å². The second-order valence-corrected chi connectivity index (χ2v) is 5.11. The largest absolute Gasteiger partial charge is 0.492 e. The summed E-state index contributed by atoms with van der Waals surface area (Å²) in [6.45, 7) is 0.759. The van der Waals surface area contributed by atoms with Gasteiger partial charge in [0, 0.05) is 3.57 Å². The first-order valence-corrected chi connectivity index (χ1v) is 6.20. The first kappa shape index (κ1) is 10.7. The Kier molecular flexibility index (Phi) is 3.47. The van der Waals surface area contributed by atoms with E-state index in [1.807, 2.05) is 18.2 Å². The smallest absolute Gasteiger partial charge is 0.137 e. The van der Waals surface area contributed by atoms with Gasteiger partial charge in [-0.3, -0.25) is 0 Å². The number of benzene rings is 1. The fraction of sp³-hybridized carbons (Fsp3) is 0.417. The number of hydrogen-bond acceptors (Lipinski definition) is 2. The van der Waals surface area contributed by atoms with Crippen LogP contribution in [-0.4, -0.2) is 6.61 Å². The first-order chi connectivity index (χ1) is 7.29. The molecule has 0 aliphatic heterocycles. The lowest BCUT2D eigenvalue weighted by Crippen LogP contribution is -2.19. The molecule has 0 radical (unpaired) electrons. The lowest BCUT2D eigenvalue weighted by molar-refractivity contribution is 0.180. The molecule has 0 saturated heterocycles. The zero-order chi connectivity index (χ0) is 10.7. The molecule has 2 nitrogen and oxygen atoms in total. The molecule has 0 unspecified atom stereocenters. The molecular formula is C12H12INO. The number of nitriles is 1. The van der Waals surface area contributed by atoms with Gasteiger partial charge in [-0.25, -0.2) is 0 Å². The van der Waals surface area contributed by atoms with Crippen LogP contribution >= 0.6 is 22.6 Å². The van der Waals surface area contributed by atoms with E-state index in [-0.39, 0.29) is 0 Å². The van der Waals surface area contributed by atoms with Gasteiger partial charge < -0.3 is 4.74 Å². The number of hydrogen-bond donors (Lipinski definition) is 0. The second kappa shape index (κ2) is 4.84. The first-order valence-electron chi connectivity index (χ1n) is 5.12. The van der Waals surface area contributed by atoms with Crippen molar-refractivity contribution in [2.24, 2.45) is 5.92 Å². The highest BCUT2D eigenvalue weighted by Gasteiger charge is 2.18. The highest BCUT2D eigenvalue weighted by Crippen LogP contribution is 2.28. The number of halogens is 1. The van der Waals surface area contributed by atoms with Crippen molar-refractivity contribution in [2.75, 3.05) is 6.61 Å². The molecule has 0 spiro atoms. The summed E-state index contributed by atoms with van der Waals surface area (Å²) in [5, 5.41) is 8.95. The van der Waals surface area contributed by atoms with Gasteiger partial charge in [0.05, 0.1) is 12.2 Å². The molecule has 0 atom stereocenters. The SMILES string of the molecule is N#Cc1cc(I)ccc1OCC1CCC1. The Morgan fingerprint density at radius 2 is 2.27 bits per heavy atom. The van der Waals surface area contributed by atoms with Crippen molar-refractivity contribution in [1.29, 1.82) is 5.26 Å². The minimum atomic E-state index is 0.640. The monoisotopic (exact) mass is 313 g/mol. The highest BCUT2D eigenvalue weighted by atomic mass is 127. The molecule has 0 aromatic heterocycles. The van der Waals surface area contributed by atoms with Crippen LogP contribution in [0.2, 0.25) is 0 Å². The average Bonchev–Trinajstić information content (AvgIpc) is 2.17. The van der Waals surface area contributed by atoms with Crippen LogP contribution in [0.15, 0.2) is 18.2 Å². The van der Waals surface area contributed by atoms with Crippen molar-refractivity contribution in [2.45, 2.75) is 19.3 Å². The van der Waals surface area contributed by atoms with Crippen LogP contribution in [0, 0.1) is 20.8 Å². The molecule has 0 bridgehead atoms. The van der Waals surface area contributed by atoms with Crippen molar-refractivity contribution >= 4 is 22.6 Å². The molecular weight excluding hydrogens is 301 g/mol. The van der Waals surface area contributed by atoms with Crippen LogP contribution in [0.3, 0.4) is 0 Å². The summed E-state index contributed by atoms with van der Waals surface area (Å²) in [4.78, 5) is 0. The molecule has 2 rings (SSSR count). The Hall–Kier alpha value is -0.760. The van der Waals surface area contributed by atoms with Crippen LogP contribution in [0.25, 0.3) is 0 Å². The summed E-state index contributed by atoms with van der Waals surface area (Å²) < 4.78 is 6.73. The summed E-state index contributed by atoms with van der Waals surface area (Å²) in [5.74, 6) is 1.43. The van der Waals surface area contributed by atoms with Crippen LogP contribution in [0.1, 0.15) is 24.8 Å². The minimum Gasteiger partial charge on any atom is -0.492 e. The van der Waals surface area contributed by atoms with Gasteiger partial charge in [-0.2, -0.15) is 5.26 Å². The Morgan fingerprint density at radius 3 is 2.87 bits per heavy atom. The molecule has 0 amide bonds. The number of nitrogens with zero attached hydrogens (tertiary/aromatic N) is 1. The van der Waals surface area contributed by atoms with Crippen molar-refractivity contribution in [3.8, 4) is 11.8 Å². The van der Waals surface area contributed by atoms with Gasteiger partial charge in [0.1, 0.15) is 11.8 Å². The van der Waals surface area contributed by atoms with E-state index in [1.54, 1.807) is 0 Å². The molecule has 15 heavy (non-hydrogen) atoms. The average molecular weight is 313 g/mol. The van der Waals surface area contributed by atoms with Gasteiger partial charge >= 0.3 is 0 Å². The summed E-state index contributed by atoms with van der Waals surface area (Å²) in [5.41, 5.74) is 0.640. The van der Waals surface area contributed by atoms with E-state index in [0.29, 0.717) is 11.5 Å². The zero-order valence-electron chi connectivity index (χ0n) is 8.37. The maximum absolute atomic E-state index is 8.95. The predicted octanol–water partition coefficient (Wildman–Crippen LogP) is 3.34. The van der Waals surface area contributed by atoms with Gasteiger partial charge in [-0.15, -0.1) is 0 Å². The molecule has 1 fully saturated rings.